The summed E-state index contributed by atoms with van der Waals surface area (Å²) >= 11 is 0. The standard InChI is InChI=1S/C15H22N2O3/c1-10(2)9-13-11(6-4-8-20-13)16-14-7-3-5-12(17-14)15(18)19/h3,5,7,10-11,13H,4,6,8-9H2,1-2H3,(H,16,17)(H,18,19). The van der Waals surface area contributed by atoms with Gasteiger partial charge in [-0.05, 0) is 37.3 Å². The Morgan fingerprint density at radius 3 is 3.05 bits per heavy atom. The van der Waals surface area contributed by atoms with Crippen molar-refractivity contribution in [2.24, 2.45) is 5.92 Å². The number of pyridine rings is 1. The maximum atomic E-state index is 10.9. The zero-order chi connectivity index (χ0) is 14.5. The molecule has 2 atom stereocenters. The van der Waals surface area contributed by atoms with Crippen molar-refractivity contribution in [2.45, 2.75) is 45.3 Å². The lowest BCUT2D eigenvalue weighted by atomic mass is 9.95. The molecule has 1 fully saturated rings. The lowest BCUT2D eigenvalue weighted by Crippen LogP contribution is -2.40. The molecule has 1 aliphatic rings. The highest BCUT2D eigenvalue weighted by Crippen LogP contribution is 2.23. The van der Waals surface area contributed by atoms with Crippen LogP contribution in [0.2, 0.25) is 0 Å². The van der Waals surface area contributed by atoms with E-state index in [4.69, 9.17) is 9.84 Å². The highest BCUT2D eigenvalue weighted by Gasteiger charge is 2.26. The first kappa shape index (κ1) is 14.8. The van der Waals surface area contributed by atoms with Gasteiger partial charge in [0.2, 0.25) is 0 Å². The molecule has 0 saturated carbocycles. The number of ether oxygens (including phenoxy) is 1. The minimum Gasteiger partial charge on any atom is -0.477 e. The van der Waals surface area contributed by atoms with Gasteiger partial charge in [0.05, 0.1) is 12.1 Å². The van der Waals surface area contributed by atoms with E-state index in [-0.39, 0.29) is 17.8 Å². The first-order chi connectivity index (χ1) is 9.56. The van der Waals surface area contributed by atoms with Crippen LogP contribution >= 0.6 is 0 Å². The number of aromatic nitrogens is 1. The Kier molecular flexibility index (Phi) is 4.95. The van der Waals surface area contributed by atoms with E-state index in [1.54, 1.807) is 12.1 Å². The molecule has 2 N–H and O–H groups in total. The predicted octanol–water partition coefficient (Wildman–Crippen LogP) is 2.79. The summed E-state index contributed by atoms with van der Waals surface area (Å²) in [5.41, 5.74) is 0.0622. The lowest BCUT2D eigenvalue weighted by molar-refractivity contribution is -0.00469. The zero-order valence-corrected chi connectivity index (χ0v) is 12.0. The summed E-state index contributed by atoms with van der Waals surface area (Å²) in [6.45, 7) is 5.16. The van der Waals surface area contributed by atoms with Crippen LogP contribution < -0.4 is 5.32 Å². The van der Waals surface area contributed by atoms with Gasteiger partial charge in [-0.3, -0.25) is 0 Å². The van der Waals surface area contributed by atoms with Crippen molar-refractivity contribution in [3.05, 3.63) is 23.9 Å². The summed E-state index contributed by atoms with van der Waals surface area (Å²) in [5.74, 6) is 0.169. The number of aromatic carboxylic acids is 1. The van der Waals surface area contributed by atoms with E-state index >= 15 is 0 Å². The third-order valence-electron chi connectivity index (χ3n) is 3.45. The highest BCUT2D eigenvalue weighted by molar-refractivity contribution is 5.85. The van der Waals surface area contributed by atoms with Crippen LogP contribution in [0.5, 0.6) is 0 Å². The largest absolute Gasteiger partial charge is 0.477 e. The fourth-order valence-corrected chi connectivity index (χ4v) is 2.53. The van der Waals surface area contributed by atoms with Crippen molar-refractivity contribution >= 4 is 11.8 Å². The van der Waals surface area contributed by atoms with Gasteiger partial charge in [0.1, 0.15) is 5.82 Å². The molecule has 0 aromatic carbocycles. The number of nitrogens with one attached hydrogen (secondary N) is 1. The molecule has 2 heterocycles. The lowest BCUT2D eigenvalue weighted by Gasteiger charge is -2.33. The molecule has 0 aliphatic carbocycles. The van der Waals surface area contributed by atoms with Crippen LogP contribution in [0.4, 0.5) is 5.82 Å². The van der Waals surface area contributed by atoms with Gasteiger partial charge in [-0.2, -0.15) is 0 Å². The minimum atomic E-state index is -1.01. The van der Waals surface area contributed by atoms with Crippen LogP contribution in [0.3, 0.4) is 0 Å². The second kappa shape index (κ2) is 6.70. The molecule has 1 aliphatic heterocycles. The van der Waals surface area contributed by atoms with Crippen LogP contribution in [0.25, 0.3) is 0 Å². The molecule has 1 aromatic rings. The number of carboxylic acid groups (broad SMARTS) is 1. The number of nitrogens with zero attached hydrogens (tertiary/aromatic N) is 1. The average molecular weight is 278 g/mol. The topological polar surface area (TPSA) is 71.5 Å². The van der Waals surface area contributed by atoms with E-state index in [0.29, 0.717) is 11.7 Å². The van der Waals surface area contributed by atoms with E-state index in [2.05, 4.69) is 24.1 Å². The van der Waals surface area contributed by atoms with Gasteiger partial charge in [-0.25, -0.2) is 9.78 Å². The Labute approximate surface area is 119 Å². The minimum absolute atomic E-state index is 0.0622. The third kappa shape index (κ3) is 3.93. The summed E-state index contributed by atoms with van der Waals surface area (Å²) in [6.07, 6.45) is 3.20. The van der Waals surface area contributed by atoms with Crippen molar-refractivity contribution in [2.75, 3.05) is 11.9 Å². The van der Waals surface area contributed by atoms with Crippen molar-refractivity contribution in [3.63, 3.8) is 0 Å². The second-order valence-electron chi connectivity index (χ2n) is 5.65. The molecule has 2 rings (SSSR count). The number of carboxylic acids is 1. The van der Waals surface area contributed by atoms with Crippen LogP contribution in [0.15, 0.2) is 18.2 Å². The summed E-state index contributed by atoms with van der Waals surface area (Å²) in [4.78, 5) is 15.1. The normalized spacial score (nSPS) is 22.8. The van der Waals surface area contributed by atoms with Gasteiger partial charge < -0.3 is 15.2 Å². The molecule has 0 spiro atoms. The van der Waals surface area contributed by atoms with Crippen LogP contribution in [0.1, 0.15) is 43.6 Å². The monoisotopic (exact) mass is 278 g/mol. The van der Waals surface area contributed by atoms with Gasteiger partial charge in [0.25, 0.3) is 0 Å². The Bertz CT molecular complexity index is 462. The predicted molar refractivity (Wildman–Crippen MR) is 77.0 cm³/mol. The van der Waals surface area contributed by atoms with E-state index in [9.17, 15) is 4.79 Å². The molecule has 0 bridgehead atoms. The van der Waals surface area contributed by atoms with Gasteiger partial charge in [-0.15, -0.1) is 0 Å². The molecule has 1 aromatic heterocycles. The van der Waals surface area contributed by atoms with Crippen molar-refractivity contribution < 1.29 is 14.6 Å². The zero-order valence-electron chi connectivity index (χ0n) is 12.0. The van der Waals surface area contributed by atoms with Crippen molar-refractivity contribution in [1.82, 2.24) is 4.98 Å². The number of rotatable bonds is 5. The summed E-state index contributed by atoms with van der Waals surface area (Å²) in [7, 11) is 0. The molecular weight excluding hydrogens is 256 g/mol. The number of anilines is 1. The van der Waals surface area contributed by atoms with Gasteiger partial charge >= 0.3 is 5.97 Å². The molecule has 0 radical (unpaired) electrons. The molecule has 2 unspecified atom stereocenters. The van der Waals surface area contributed by atoms with E-state index < -0.39 is 5.97 Å². The van der Waals surface area contributed by atoms with E-state index in [0.717, 1.165) is 25.9 Å². The smallest absolute Gasteiger partial charge is 0.354 e. The van der Waals surface area contributed by atoms with Crippen LogP contribution in [0, 0.1) is 5.92 Å². The van der Waals surface area contributed by atoms with Gasteiger partial charge in [-0.1, -0.05) is 19.9 Å². The Balaban J connectivity index is 2.06. The van der Waals surface area contributed by atoms with E-state index in [1.165, 1.54) is 6.07 Å². The van der Waals surface area contributed by atoms with Crippen molar-refractivity contribution in [3.8, 4) is 0 Å². The first-order valence-electron chi connectivity index (χ1n) is 7.14. The second-order valence-corrected chi connectivity index (χ2v) is 5.65. The molecule has 20 heavy (non-hydrogen) atoms. The SMILES string of the molecule is CC(C)CC1OCCCC1Nc1cccc(C(=O)O)n1. The van der Waals surface area contributed by atoms with Crippen LogP contribution in [-0.4, -0.2) is 34.8 Å². The Hall–Kier alpha value is -1.62. The Morgan fingerprint density at radius 2 is 2.35 bits per heavy atom. The molecular formula is C15H22N2O3. The number of hydrogen-bond donors (Lipinski definition) is 2. The fourth-order valence-electron chi connectivity index (χ4n) is 2.53. The van der Waals surface area contributed by atoms with Gasteiger partial charge in [0.15, 0.2) is 5.69 Å². The first-order valence-corrected chi connectivity index (χ1v) is 7.14. The number of carbonyl (C=O) groups is 1. The molecule has 0 amide bonds. The quantitative estimate of drug-likeness (QED) is 0.866. The Morgan fingerprint density at radius 1 is 1.55 bits per heavy atom. The molecule has 5 nitrogen and oxygen atoms in total. The average Bonchev–Trinajstić information content (AvgIpc) is 2.41. The highest BCUT2D eigenvalue weighted by atomic mass is 16.5. The molecule has 5 heteroatoms. The maximum Gasteiger partial charge on any atom is 0.354 e. The van der Waals surface area contributed by atoms with E-state index in [1.807, 2.05) is 0 Å². The number of hydrogen-bond acceptors (Lipinski definition) is 4. The maximum absolute atomic E-state index is 10.9. The fraction of sp³-hybridized carbons (Fsp3) is 0.600. The van der Waals surface area contributed by atoms with Crippen LogP contribution in [-0.2, 0) is 4.74 Å². The summed E-state index contributed by atoms with van der Waals surface area (Å²) < 4.78 is 5.84. The third-order valence-corrected chi connectivity index (χ3v) is 3.45. The van der Waals surface area contributed by atoms with Crippen molar-refractivity contribution in [1.29, 1.82) is 0 Å². The summed E-state index contributed by atoms with van der Waals surface area (Å²) in [5, 5.41) is 12.3. The van der Waals surface area contributed by atoms with Gasteiger partial charge in [0, 0.05) is 6.61 Å². The summed E-state index contributed by atoms with van der Waals surface area (Å²) in [6, 6.07) is 5.20. The molecule has 1 saturated heterocycles. The molecule has 110 valence electrons.